The topological polar surface area (TPSA) is 84.0 Å². The summed E-state index contributed by atoms with van der Waals surface area (Å²) in [7, 11) is 1.61. The number of methoxy groups -OCH3 is 1. The van der Waals surface area contributed by atoms with E-state index in [-0.39, 0.29) is 11.9 Å². The molecule has 0 atom stereocenters. The Hall–Kier alpha value is -2.44. The van der Waals surface area contributed by atoms with Crippen molar-refractivity contribution in [2.75, 3.05) is 32.1 Å². The molecule has 0 saturated carbocycles. The van der Waals surface area contributed by atoms with Crippen molar-refractivity contribution in [1.29, 1.82) is 0 Å². The molecule has 1 rings (SSSR count). The molecule has 0 aromatic heterocycles. The highest BCUT2D eigenvalue weighted by Crippen LogP contribution is 2.30. The van der Waals surface area contributed by atoms with Gasteiger partial charge < -0.3 is 25.4 Å². The lowest BCUT2D eigenvalue weighted by molar-refractivity contribution is -0.121. The Bertz CT molecular complexity index is 573. The van der Waals surface area contributed by atoms with Gasteiger partial charge in [0, 0.05) is 30.8 Å². The number of carbonyl (C=O) groups is 1. The van der Waals surface area contributed by atoms with Crippen molar-refractivity contribution in [2.45, 2.75) is 40.2 Å². The van der Waals surface area contributed by atoms with Gasteiger partial charge in [-0.3, -0.25) is 9.79 Å². The van der Waals surface area contributed by atoms with E-state index >= 15 is 0 Å². The molecule has 0 aliphatic heterocycles. The van der Waals surface area contributed by atoms with Crippen LogP contribution in [-0.2, 0) is 4.79 Å². The zero-order chi connectivity index (χ0) is 18.7. The highest BCUT2D eigenvalue weighted by molar-refractivity contribution is 5.94. The first-order valence-corrected chi connectivity index (χ1v) is 8.65. The number of hydrogen-bond donors (Lipinski definition) is 3. The first kappa shape index (κ1) is 20.6. The first-order chi connectivity index (χ1) is 12.0. The Morgan fingerprint density at radius 1 is 1.24 bits per heavy atom. The summed E-state index contributed by atoms with van der Waals surface area (Å²) in [6.07, 6.45) is 0.349. The van der Waals surface area contributed by atoms with Crippen molar-refractivity contribution in [1.82, 2.24) is 10.6 Å². The van der Waals surface area contributed by atoms with Crippen molar-refractivity contribution in [3.05, 3.63) is 18.2 Å². The summed E-state index contributed by atoms with van der Waals surface area (Å²) >= 11 is 0. The van der Waals surface area contributed by atoms with Crippen LogP contribution in [0.2, 0.25) is 0 Å². The molecule has 1 aromatic rings. The maximum absolute atomic E-state index is 11.7. The van der Waals surface area contributed by atoms with Gasteiger partial charge in [0.05, 0.1) is 20.3 Å². The molecule has 7 heteroatoms. The number of guanidine groups is 1. The van der Waals surface area contributed by atoms with Crippen LogP contribution < -0.4 is 25.4 Å². The Morgan fingerprint density at radius 3 is 2.60 bits per heavy atom. The molecule has 0 saturated heterocycles. The van der Waals surface area contributed by atoms with E-state index in [0.717, 1.165) is 12.2 Å². The molecule has 0 unspecified atom stereocenters. The van der Waals surface area contributed by atoms with Gasteiger partial charge in [-0.2, -0.15) is 0 Å². The smallest absolute Gasteiger partial charge is 0.222 e. The summed E-state index contributed by atoms with van der Waals surface area (Å²) in [6.45, 7) is 9.47. The quantitative estimate of drug-likeness (QED) is 0.470. The number of ether oxygens (including phenoxy) is 2. The molecule has 0 spiro atoms. The van der Waals surface area contributed by atoms with E-state index in [4.69, 9.17) is 9.47 Å². The van der Waals surface area contributed by atoms with Gasteiger partial charge in [-0.05, 0) is 39.8 Å². The Kier molecular flexibility index (Phi) is 9.21. The van der Waals surface area contributed by atoms with Crippen molar-refractivity contribution < 1.29 is 14.3 Å². The van der Waals surface area contributed by atoms with E-state index in [1.54, 1.807) is 7.11 Å². The highest BCUT2D eigenvalue weighted by atomic mass is 16.5. The number of benzene rings is 1. The average Bonchev–Trinajstić information content (AvgIpc) is 2.55. The van der Waals surface area contributed by atoms with Gasteiger partial charge in [0.25, 0.3) is 0 Å². The molecule has 0 fully saturated rings. The molecule has 7 nitrogen and oxygen atoms in total. The van der Waals surface area contributed by atoms with Gasteiger partial charge >= 0.3 is 0 Å². The Morgan fingerprint density at radius 2 is 2.00 bits per heavy atom. The molecule has 0 aliphatic rings. The number of nitrogens with zero attached hydrogens (tertiary/aromatic N) is 1. The number of hydrogen-bond acceptors (Lipinski definition) is 4. The lowest BCUT2D eigenvalue weighted by Gasteiger charge is -2.14. The van der Waals surface area contributed by atoms with Gasteiger partial charge in [-0.15, -0.1) is 0 Å². The number of rotatable bonds is 9. The first-order valence-electron chi connectivity index (χ1n) is 8.65. The average molecular weight is 350 g/mol. The lowest BCUT2D eigenvalue weighted by atomic mass is 10.2. The van der Waals surface area contributed by atoms with Crippen molar-refractivity contribution in [2.24, 2.45) is 4.99 Å². The molecule has 3 N–H and O–H groups in total. The second-order valence-corrected chi connectivity index (χ2v) is 5.66. The summed E-state index contributed by atoms with van der Waals surface area (Å²) in [5.74, 6) is 1.96. The molecular weight excluding hydrogens is 320 g/mol. The molecule has 0 heterocycles. The maximum Gasteiger partial charge on any atom is 0.222 e. The van der Waals surface area contributed by atoms with E-state index in [0.29, 0.717) is 37.0 Å². The molecule has 140 valence electrons. The molecule has 25 heavy (non-hydrogen) atoms. The van der Waals surface area contributed by atoms with Gasteiger partial charge in [0.2, 0.25) is 5.91 Å². The van der Waals surface area contributed by atoms with Crippen LogP contribution in [0.5, 0.6) is 11.5 Å². The van der Waals surface area contributed by atoms with Crippen LogP contribution in [0.1, 0.15) is 34.1 Å². The number of amides is 1. The second kappa shape index (κ2) is 11.2. The van der Waals surface area contributed by atoms with Gasteiger partial charge in [0.1, 0.15) is 0 Å². The summed E-state index contributed by atoms with van der Waals surface area (Å²) in [5, 5.41) is 9.23. The Labute approximate surface area is 150 Å². The summed E-state index contributed by atoms with van der Waals surface area (Å²) in [6, 6.07) is 5.73. The van der Waals surface area contributed by atoms with Gasteiger partial charge in [-0.1, -0.05) is 0 Å². The van der Waals surface area contributed by atoms with Gasteiger partial charge in [0.15, 0.2) is 17.5 Å². The van der Waals surface area contributed by atoms with Crippen LogP contribution in [0.4, 0.5) is 5.69 Å². The van der Waals surface area contributed by atoms with Gasteiger partial charge in [-0.25, -0.2) is 0 Å². The van der Waals surface area contributed by atoms with Crippen LogP contribution in [0.25, 0.3) is 0 Å². The molecule has 1 amide bonds. The maximum atomic E-state index is 11.7. The fourth-order valence-corrected chi connectivity index (χ4v) is 2.13. The van der Waals surface area contributed by atoms with Crippen molar-refractivity contribution in [3.8, 4) is 11.5 Å². The fraction of sp³-hybridized carbons (Fsp3) is 0.556. The van der Waals surface area contributed by atoms with Crippen LogP contribution in [0.15, 0.2) is 23.2 Å². The number of nitrogens with one attached hydrogen (secondary N) is 3. The molecular formula is C18H30N4O3. The summed E-state index contributed by atoms with van der Waals surface area (Å²) in [5.41, 5.74) is 0.829. The lowest BCUT2D eigenvalue weighted by Crippen LogP contribution is -2.32. The minimum Gasteiger partial charge on any atom is -0.493 e. The van der Waals surface area contributed by atoms with Crippen LogP contribution in [-0.4, -0.2) is 44.7 Å². The van der Waals surface area contributed by atoms with Crippen LogP contribution in [0, 0.1) is 0 Å². The zero-order valence-electron chi connectivity index (χ0n) is 15.8. The SMILES string of the molecule is CCNC(=NCCC(=O)NC(C)C)Nc1ccc(OC)c(OCC)c1. The largest absolute Gasteiger partial charge is 0.493 e. The fourth-order valence-electron chi connectivity index (χ4n) is 2.13. The van der Waals surface area contributed by atoms with E-state index in [1.807, 2.05) is 45.9 Å². The minimum atomic E-state index is -0.00215. The van der Waals surface area contributed by atoms with E-state index in [2.05, 4.69) is 20.9 Å². The van der Waals surface area contributed by atoms with E-state index in [9.17, 15) is 4.79 Å². The predicted octanol–water partition coefficient (Wildman–Crippen LogP) is 2.39. The van der Waals surface area contributed by atoms with Crippen LogP contribution in [0.3, 0.4) is 0 Å². The highest BCUT2D eigenvalue weighted by Gasteiger charge is 2.07. The third-order valence-electron chi connectivity index (χ3n) is 3.13. The Balaban J connectivity index is 2.74. The number of carbonyl (C=O) groups excluding carboxylic acids is 1. The number of aliphatic imine (C=N–C) groups is 1. The third kappa shape index (κ3) is 7.78. The van der Waals surface area contributed by atoms with E-state index in [1.165, 1.54) is 0 Å². The zero-order valence-corrected chi connectivity index (χ0v) is 15.8. The minimum absolute atomic E-state index is 0.00215. The monoisotopic (exact) mass is 350 g/mol. The molecule has 0 bridgehead atoms. The number of anilines is 1. The normalized spacial score (nSPS) is 11.2. The molecule has 0 aliphatic carbocycles. The standard InChI is InChI=1S/C18H30N4O3/c1-6-19-18(20-11-10-17(23)21-13(3)4)22-14-8-9-15(24-5)16(12-14)25-7-2/h8-9,12-13H,6-7,10-11H2,1-5H3,(H,21,23)(H2,19,20,22). The van der Waals surface area contributed by atoms with Crippen LogP contribution >= 0.6 is 0 Å². The third-order valence-corrected chi connectivity index (χ3v) is 3.13. The predicted molar refractivity (Wildman–Crippen MR) is 102 cm³/mol. The molecule has 1 aromatic carbocycles. The van der Waals surface area contributed by atoms with E-state index < -0.39 is 0 Å². The molecule has 0 radical (unpaired) electrons. The summed E-state index contributed by atoms with van der Waals surface area (Å²) < 4.78 is 10.9. The second-order valence-electron chi connectivity index (χ2n) is 5.66. The van der Waals surface area contributed by atoms with Crippen molar-refractivity contribution in [3.63, 3.8) is 0 Å². The summed E-state index contributed by atoms with van der Waals surface area (Å²) in [4.78, 5) is 16.1. The van der Waals surface area contributed by atoms with Crippen molar-refractivity contribution >= 4 is 17.6 Å².